The van der Waals surface area contributed by atoms with Gasteiger partial charge >= 0.3 is 12.1 Å². The lowest BCUT2D eigenvalue weighted by atomic mass is 9.92. The minimum absolute atomic E-state index is 0.120. The predicted octanol–water partition coefficient (Wildman–Crippen LogP) is 3.87. The minimum atomic E-state index is -4.53. The highest BCUT2D eigenvalue weighted by atomic mass is 19.4. The molecule has 3 nitrogen and oxygen atoms in total. The molecule has 1 unspecified atom stereocenters. The van der Waals surface area contributed by atoms with Crippen molar-refractivity contribution in [3.63, 3.8) is 0 Å². The van der Waals surface area contributed by atoms with Gasteiger partial charge in [-0.2, -0.15) is 13.2 Å². The van der Waals surface area contributed by atoms with Crippen LogP contribution >= 0.6 is 0 Å². The van der Waals surface area contributed by atoms with Crippen molar-refractivity contribution in [2.75, 3.05) is 6.61 Å². The number of rotatable bonds is 6. The first-order chi connectivity index (χ1) is 9.81. The van der Waals surface area contributed by atoms with E-state index >= 15 is 0 Å². The van der Waals surface area contributed by atoms with E-state index in [2.05, 4.69) is 0 Å². The van der Waals surface area contributed by atoms with Crippen molar-refractivity contribution in [2.24, 2.45) is 5.92 Å². The zero-order valence-electron chi connectivity index (χ0n) is 11.9. The van der Waals surface area contributed by atoms with Crippen LogP contribution in [0, 0.1) is 5.92 Å². The second kappa shape index (κ2) is 7.24. The van der Waals surface area contributed by atoms with E-state index in [1.54, 1.807) is 13.8 Å². The van der Waals surface area contributed by atoms with Gasteiger partial charge in [0.25, 0.3) is 0 Å². The van der Waals surface area contributed by atoms with Crippen molar-refractivity contribution in [2.45, 2.75) is 32.9 Å². The van der Waals surface area contributed by atoms with Crippen LogP contribution in [0.2, 0.25) is 0 Å². The number of hydrogen-bond acceptors (Lipinski definition) is 3. The van der Waals surface area contributed by atoms with Crippen LogP contribution in [-0.2, 0) is 15.7 Å². The smallest absolute Gasteiger partial charge is 0.416 e. The summed E-state index contributed by atoms with van der Waals surface area (Å²) < 4.78 is 42.8. The van der Waals surface area contributed by atoms with Gasteiger partial charge in [0.1, 0.15) is 5.92 Å². The SMILES string of the molecule is CCCC(C(=O)OCC)C(=O)c1cccc(C(F)(F)F)c1. The molecule has 1 aromatic rings. The van der Waals surface area contributed by atoms with Gasteiger partial charge < -0.3 is 4.74 Å². The molecular formula is C15H17F3O3. The maximum absolute atomic E-state index is 12.7. The molecule has 0 heterocycles. The summed E-state index contributed by atoms with van der Waals surface area (Å²) in [5.74, 6) is -2.39. The third-order valence-corrected chi connectivity index (χ3v) is 2.94. The number of hydrogen-bond donors (Lipinski definition) is 0. The normalized spacial score (nSPS) is 12.8. The first kappa shape index (κ1) is 17.2. The lowest BCUT2D eigenvalue weighted by Crippen LogP contribution is -2.26. The summed E-state index contributed by atoms with van der Waals surface area (Å²) in [6.45, 7) is 3.51. The van der Waals surface area contributed by atoms with E-state index in [1.165, 1.54) is 6.07 Å². The fraction of sp³-hybridized carbons (Fsp3) is 0.467. The zero-order valence-corrected chi connectivity index (χ0v) is 11.9. The molecule has 0 radical (unpaired) electrons. The van der Waals surface area contributed by atoms with Gasteiger partial charge in [0, 0.05) is 5.56 Å². The third kappa shape index (κ3) is 4.58. The van der Waals surface area contributed by atoms with E-state index < -0.39 is 29.4 Å². The molecule has 0 saturated carbocycles. The number of carbonyl (C=O) groups is 2. The maximum Gasteiger partial charge on any atom is 0.416 e. The van der Waals surface area contributed by atoms with Gasteiger partial charge in [-0.15, -0.1) is 0 Å². The number of Topliss-reactive ketones (excluding diaryl/α,β-unsaturated/α-hetero) is 1. The van der Waals surface area contributed by atoms with Gasteiger partial charge in [-0.25, -0.2) is 0 Å². The fourth-order valence-corrected chi connectivity index (χ4v) is 1.94. The van der Waals surface area contributed by atoms with Crippen LogP contribution < -0.4 is 0 Å². The average molecular weight is 302 g/mol. The number of halogens is 3. The van der Waals surface area contributed by atoms with Gasteiger partial charge in [0.15, 0.2) is 5.78 Å². The Hall–Kier alpha value is -1.85. The van der Waals surface area contributed by atoms with Crippen LogP contribution in [0.15, 0.2) is 24.3 Å². The number of esters is 1. The molecule has 0 aliphatic carbocycles. The molecule has 0 saturated heterocycles. The average Bonchev–Trinajstić information content (AvgIpc) is 2.43. The topological polar surface area (TPSA) is 43.4 Å². The number of alkyl halides is 3. The maximum atomic E-state index is 12.7. The summed E-state index contributed by atoms with van der Waals surface area (Å²) in [6.07, 6.45) is -3.73. The lowest BCUT2D eigenvalue weighted by Gasteiger charge is -2.14. The Morgan fingerprint density at radius 1 is 1.24 bits per heavy atom. The molecule has 1 rings (SSSR count). The molecule has 116 valence electrons. The molecule has 0 aromatic heterocycles. The van der Waals surface area contributed by atoms with Gasteiger partial charge in [0.05, 0.1) is 12.2 Å². The van der Waals surface area contributed by atoms with Gasteiger partial charge in [-0.3, -0.25) is 9.59 Å². The molecule has 1 atom stereocenters. The number of ether oxygens (including phenoxy) is 1. The minimum Gasteiger partial charge on any atom is -0.465 e. The standard InChI is InChI=1S/C15H17F3O3/c1-3-6-12(14(20)21-4-2)13(19)10-7-5-8-11(9-10)15(16,17)18/h5,7-9,12H,3-4,6H2,1-2H3. The monoisotopic (exact) mass is 302 g/mol. The van der Waals surface area contributed by atoms with Crippen molar-refractivity contribution >= 4 is 11.8 Å². The molecule has 0 aliphatic heterocycles. The molecule has 21 heavy (non-hydrogen) atoms. The Labute approximate surface area is 121 Å². The highest BCUT2D eigenvalue weighted by Gasteiger charge is 2.33. The Balaban J connectivity index is 3.06. The molecule has 0 N–H and O–H groups in total. The van der Waals surface area contributed by atoms with Crippen molar-refractivity contribution in [1.29, 1.82) is 0 Å². The van der Waals surface area contributed by atoms with Crippen molar-refractivity contribution in [3.05, 3.63) is 35.4 Å². The largest absolute Gasteiger partial charge is 0.465 e. The zero-order chi connectivity index (χ0) is 16.0. The first-order valence-electron chi connectivity index (χ1n) is 6.69. The summed E-state index contributed by atoms with van der Waals surface area (Å²) >= 11 is 0. The van der Waals surface area contributed by atoms with E-state index in [1.807, 2.05) is 0 Å². The Morgan fingerprint density at radius 2 is 1.90 bits per heavy atom. The molecule has 0 fully saturated rings. The van der Waals surface area contributed by atoms with Crippen molar-refractivity contribution in [3.8, 4) is 0 Å². The molecule has 6 heteroatoms. The Kier molecular flexibility index (Phi) is 5.93. The second-order valence-corrected chi connectivity index (χ2v) is 4.54. The predicted molar refractivity (Wildman–Crippen MR) is 70.8 cm³/mol. The number of benzene rings is 1. The Bertz CT molecular complexity index is 509. The number of ketones is 1. The van der Waals surface area contributed by atoms with E-state index in [0.717, 1.165) is 18.2 Å². The van der Waals surface area contributed by atoms with Crippen LogP contribution in [0.3, 0.4) is 0 Å². The molecule has 1 aromatic carbocycles. The van der Waals surface area contributed by atoms with E-state index in [4.69, 9.17) is 4.74 Å². The van der Waals surface area contributed by atoms with Crippen LogP contribution in [-0.4, -0.2) is 18.4 Å². The third-order valence-electron chi connectivity index (χ3n) is 2.94. The summed E-state index contributed by atoms with van der Waals surface area (Å²) in [5.41, 5.74) is -1.04. The van der Waals surface area contributed by atoms with Crippen molar-refractivity contribution in [1.82, 2.24) is 0 Å². The Morgan fingerprint density at radius 3 is 2.43 bits per heavy atom. The van der Waals surface area contributed by atoms with E-state index in [0.29, 0.717) is 6.42 Å². The summed E-state index contributed by atoms with van der Waals surface area (Å²) in [4.78, 5) is 24.0. The van der Waals surface area contributed by atoms with Crippen LogP contribution in [0.4, 0.5) is 13.2 Å². The summed E-state index contributed by atoms with van der Waals surface area (Å²) in [5, 5.41) is 0. The highest BCUT2D eigenvalue weighted by molar-refractivity contribution is 6.08. The van der Waals surface area contributed by atoms with Crippen LogP contribution in [0.1, 0.15) is 42.6 Å². The summed E-state index contributed by atoms with van der Waals surface area (Å²) in [7, 11) is 0. The molecule has 0 amide bonds. The van der Waals surface area contributed by atoms with E-state index in [-0.39, 0.29) is 18.6 Å². The molecule has 0 spiro atoms. The van der Waals surface area contributed by atoms with Gasteiger partial charge in [-0.05, 0) is 25.5 Å². The fourth-order valence-electron chi connectivity index (χ4n) is 1.94. The van der Waals surface area contributed by atoms with Gasteiger partial charge in [-0.1, -0.05) is 25.5 Å². The molecule has 0 bridgehead atoms. The van der Waals surface area contributed by atoms with Crippen LogP contribution in [0.5, 0.6) is 0 Å². The lowest BCUT2D eigenvalue weighted by molar-refractivity contribution is -0.146. The second-order valence-electron chi connectivity index (χ2n) is 4.54. The van der Waals surface area contributed by atoms with Crippen molar-refractivity contribution < 1.29 is 27.5 Å². The molecule has 0 aliphatic rings. The highest BCUT2D eigenvalue weighted by Crippen LogP contribution is 2.30. The number of carbonyl (C=O) groups excluding carboxylic acids is 2. The van der Waals surface area contributed by atoms with Gasteiger partial charge in [0.2, 0.25) is 0 Å². The summed E-state index contributed by atoms with van der Waals surface area (Å²) in [6, 6.07) is 4.09. The van der Waals surface area contributed by atoms with Crippen LogP contribution in [0.25, 0.3) is 0 Å². The quantitative estimate of drug-likeness (QED) is 0.455. The van der Waals surface area contributed by atoms with E-state index in [9.17, 15) is 22.8 Å². The molecular weight excluding hydrogens is 285 g/mol. The first-order valence-corrected chi connectivity index (χ1v) is 6.69.